The van der Waals surface area contributed by atoms with Gasteiger partial charge in [-0.25, -0.2) is 4.39 Å². The Bertz CT molecular complexity index is 680. The summed E-state index contributed by atoms with van der Waals surface area (Å²) in [6.45, 7) is 6.50. The summed E-state index contributed by atoms with van der Waals surface area (Å²) in [4.78, 5) is 2.53. The summed E-state index contributed by atoms with van der Waals surface area (Å²) in [5.74, 6) is -0.572. The molecule has 3 rings (SSSR count). The van der Waals surface area contributed by atoms with Crippen molar-refractivity contribution < 1.29 is 9.50 Å². The summed E-state index contributed by atoms with van der Waals surface area (Å²) in [7, 11) is 0. The molecular weight excluding hydrogens is 301 g/mol. The average molecular weight is 327 g/mol. The molecule has 0 radical (unpaired) electrons. The number of benzene rings is 2. The topological polar surface area (TPSA) is 23.5 Å². The van der Waals surface area contributed by atoms with Gasteiger partial charge in [0.2, 0.25) is 0 Å². The number of hydrogen-bond donors (Lipinski definition) is 1. The Balaban J connectivity index is 2.05. The van der Waals surface area contributed by atoms with Crippen LogP contribution in [0.15, 0.2) is 42.5 Å². The lowest BCUT2D eigenvalue weighted by molar-refractivity contribution is 0.189. The van der Waals surface area contributed by atoms with E-state index >= 15 is 0 Å². The van der Waals surface area contributed by atoms with Crippen LogP contribution in [0.2, 0.25) is 0 Å². The van der Waals surface area contributed by atoms with Crippen LogP contribution >= 0.6 is 0 Å². The van der Waals surface area contributed by atoms with E-state index in [9.17, 15) is 9.50 Å². The average Bonchev–Trinajstić information content (AvgIpc) is 2.94. The Labute approximate surface area is 143 Å². The van der Waals surface area contributed by atoms with Crippen LogP contribution in [0, 0.1) is 5.82 Å². The smallest absolute Gasteiger partial charge is 0.165 e. The Hall–Kier alpha value is -1.87. The van der Waals surface area contributed by atoms with E-state index in [1.807, 2.05) is 6.07 Å². The molecular formula is C21H26FNO. The number of hydrogen-bond acceptors (Lipinski definition) is 2. The minimum Gasteiger partial charge on any atom is -0.505 e. The molecule has 2 atom stereocenters. The monoisotopic (exact) mass is 327 g/mol. The molecule has 1 N–H and O–H groups in total. The fraction of sp³-hybridized carbons (Fsp3) is 0.429. The minimum absolute atomic E-state index is 0.186. The highest BCUT2D eigenvalue weighted by molar-refractivity contribution is 5.48. The summed E-state index contributed by atoms with van der Waals surface area (Å²) >= 11 is 0. The predicted octanol–water partition coefficient (Wildman–Crippen LogP) is 4.71. The van der Waals surface area contributed by atoms with Crippen molar-refractivity contribution in [1.29, 1.82) is 0 Å². The fourth-order valence-electron chi connectivity index (χ4n) is 4.06. The van der Waals surface area contributed by atoms with Gasteiger partial charge in [-0.15, -0.1) is 0 Å². The number of phenols is 1. The Kier molecular flexibility index (Phi) is 5.20. The number of aromatic hydroxyl groups is 1. The van der Waals surface area contributed by atoms with Crippen molar-refractivity contribution in [2.75, 3.05) is 13.1 Å². The molecule has 0 spiro atoms. The van der Waals surface area contributed by atoms with Crippen molar-refractivity contribution in [3.05, 3.63) is 65.0 Å². The lowest BCUT2D eigenvalue weighted by Gasteiger charge is -2.33. The van der Waals surface area contributed by atoms with Crippen molar-refractivity contribution >= 4 is 0 Å². The summed E-state index contributed by atoms with van der Waals surface area (Å²) in [6.07, 6.45) is 3.05. The Morgan fingerprint density at radius 1 is 1.08 bits per heavy atom. The van der Waals surface area contributed by atoms with Crippen molar-refractivity contribution in [3.8, 4) is 5.75 Å². The molecule has 2 aromatic rings. The molecule has 1 aliphatic rings. The van der Waals surface area contributed by atoms with Gasteiger partial charge in [0.15, 0.2) is 11.6 Å². The molecule has 3 heteroatoms. The van der Waals surface area contributed by atoms with Gasteiger partial charge in [-0.3, -0.25) is 4.90 Å². The first-order valence-electron chi connectivity index (χ1n) is 8.96. The van der Waals surface area contributed by atoms with Crippen LogP contribution < -0.4 is 0 Å². The van der Waals surface area contributed by atoms with Crippen LogP contribution in [0.4, 0.5) is 4.39 Å². The van der Waals surface area contributed by atoms with Gasteiger partial charge >= 0.3 is 0 Å². The molecule has 0 aliphatic heterocycles. The van der Waals surface area contributed by atoms with Gasteiger partial charge in [0, 0.05) is 12.0 Å². The van der Waals surface area contributed by atoms with E-state index in [0.29, 0.717) is 6.04 Å². The largest absolute Gasteiger partial charge is 0.505 e. The van der Waals surface area contributed by atoms with Crippen LogP contribution in [0.1, 0.15) is 49.3 Å². The van der Waals surface area contributed by atoms with Gasteiger partial charge in [-0.2, -0.15) is 0 Å². The van der Waals surface area contributed by atoms with Crippen LogP contribution in [-0.2, 0) is 6.42 Å². The first kappa shape index (κ1) is 17.0. The van der Waals surface area contributed by atoms with Gasteiger partial charge in [0.05, 0.1) is 0 Å². The molecule has 0 aromatic heterocycles. The number of halogens is 1. The Morgan fingerprint density at radius 3 is 2.38 bits per heavy atom. The number of phenolic OH excluding ortho intramolecular Hbond substituents is 1. The van der Waals surface area contributed by atoms with Crippen LogP contribution in [0.3, 0.4) is 0 Å². The van der Waals surface area contributed by atoms with Gasteiger partial charge in [0.1, 0.15) is 0 Å². The highest BCUT2D eigenvalue weighted by atomic mass is 19.1. The molecule has 0 saturated heterocycles. The summed E-state index contributed by atoms with van der Waals surface area (Å²) < 4.78 is 13.9. The molecule has 0 unspecified atom stereocenters. The van der Waals surface area contributed by atoms with E-state index in [2.05, 4.69) is 43.0 Å². The molecule has 0 heterocycles. The number of rotatable bonds is 6. The molecule has 2 nitrogen and oxygen atoms in total. The maximum Gasteiger partial charge on any atom is 0.165 e. The molecule has 2 aromatic carbocycles. The van der Waals surface area contributed by atoms with E-state index < -0.39 is 5.82 Å². The van der Waals surface area contributed by atoms with Gasteiger partial charge < -0.3 is 5.11 Å². The number of fused-ring (bicyclic) bond motifs is 1. The third-order valence-electron chi connectivity index (χ3n) is 5.01. The second-order valence-electron chi connectivity index (χ2n) is 6.70. The van der Waals surface area contributed by atoms with E-state index in [1.54, 1.807) is 6.07 Å². The minimum atomic E-state index is -0.515. The van der Waals surface area contributed by atoms with Crippen LogP contribution in [0.25, 0.3) is 0 Å². The molecule has 0 saturated carbocycles. The first-order chi connectivity index (χ1) is 11.7. The van der Waals surface area contributed by atoms with Crippen molar-refractivity contribution in [2.24, 2.45) is 0 Å². The highest BCUT2D eigenvalue weighted by Crippen LogP contribution is 2.43. The predicted molar refractivity (Wildman–Crippen MR) is 96.0 cm³/mol. The Morgan fingerprint density at radius 2 is 1.75 bits per heavy atom. The summed E-state index contributed by atoms with van der Waals surface area (Å²) in [6, 6.07) is 13.9. The molecule has 128 valence electrons. The van der Waals surface area contributed by atoms with Crippen LogP contribution in [0.5, 0.6) is 5.75 Å². The zero-order chi connectivity index (χ0) is 17.1. The first-order valence-corrected chi connectivity index (χ1v) is 8.96. The van der Waals surface area contributed by atoms with Crippen LogP contribution in [-0.4, -0.2) is 29.1 Å². The van der Waals surface area contributed by atoms with Crippen molar-refractivity contribution in [1.82, 2.24) is 4.90 Å². The maximum absolute atomic E-state index is 13.9. The summed E-state index contributed by atoms with van der Waals surface area (Å²) in [5.41, 5.74) is 3.34. The normalized spacial score (nSPS) is 19.7. The highest BCUT2D eigenvalue weighted by Gasteiger charge is 2.37. The van der Waals surface area contributed by atoms with Gasteiger partial charge in [-0.1, -0.05) is 44.2 Å². The quantitative estimate of drug-likeness (QED) is 0.830. The fourth-order valence-corrected chi connectivity index (χ4v) is 4.06. The standard InChI is InChI=1S/C21H26FNO/c1-3-10-23(11-4-2)19-13-16-12-18(22)20(24)14-17(16)21(19)15-8-6-5-7-9-15/h5-9,12,14,19,21,24H,3-4,10-11,13H2,1-2H3/t19-,21-/m1/s1. The zero-order valence-electron chi connectivity index (χ0n) is 14.5. The van der Waals surface area contributed by atoms with E-state index in [4.69, 9.17) is 0 Å². The van der Waals surface area contributed by atoms with E-state index in [0.717, 1.165) is 43.5 Å². The second-order valence-corrected chi connectivity index (χ2v) is 6.70. The molecule has 24 heavy (non-hydrogen) atoms. The van der Waals surface area contributed by atoms with Crippen molar-refractivity contribution in [3.63, 3.8) is 0 Å². The molecule has 0 bridgehead atoms. The third kappa shape index (κ3) is 3.18. The third-order valence-corrected chi connectivity index (χ3v) is 5.01. The molecule has 0 fully saturated rings. The van der Waals surface area contributed by atoms with E-state index in [-0.39, 0.29) is 11.7 Å². The molecule has 1 aliphatic carbocycles. The van der Waals surface area contributed by atoms with Gasteiger partial charge in [-0.05, 0) is 61.2 Å². The van der Waals surface area contributed by atoms with E-state index in [1.165, 1.54) is 11.6 Å². The number of nitrogens with zero attached hydrogens (tertiary/aromatic N) is 1. The lowest BCUT2D eigenvalue weighted by atomic mass is 9.89. The maximum atomic E-state index is 13.9. The summed E-state index contributed by atoms with van der Waals surface area (Å²) in [5, 5.41) is 9.89. The van der Waals surface area contributed by atoms with Crippen molar-refractivity contribution in [2.45, 2.75) is 45.1 Å². The zero-order valence-corrected chi connectivity index (χ0v) is 14.5. The second kappa shape index (κ2) is 7.35. The molecule has 0 amide bonds. The van der Waals surface area contributed by atoms with Gasteiger partial charge in [0.25, 0.3) is 0 Å². The SMILES string of the molecule is CCCN(CCC)[C@@H]1Cc2cc(F)c(O)cc2[C@H]1c1ccccc1. The lowest BCUT2D eigenvalue weighted by Crippen LogP contribution is -2.39.